The number of carbonyl (C=O) groups excluding carboxylic acids is 1. The number of nitrogens with one attached hydrogen (secondary N) is 2. The lowest BCUT2D eigenvalue weighted by Gasteiger charge is -2.34. The lowest BCUT2D eigenvalue weighted by atomic mass is 10.1. The van der Waals surface area contributed by atoms with Gasteiger partial charge in [0.15, 0.2) is 11.5 Å². The molecule has 2 aliphatic heterocycles. The van der Waals surface area contributed by atoms with Crippen LogP contribution in [-0.4, -0.2) is 54.7 Å². The van der Waals surface area contributed by atoms with Gasteiger partial charge in [-0.1, -0.05) is 0 Å². The third-order valence-corrected chi connectivity index (χ3v) is 3.83. The first-order valence-electron chi connectivity index (χ1n) is 7.42. The molecule has 1 aromatic carbocycles. The summed E-state index contributed by atoms with van der Waals surface area (Å²) in [6.07, 6.45) is 0. The summed E-state index contributed by atoms with van der Waals surface area (Å²) in [6.45, 7) is 4.75. The van der Waals surface area contributed by atoms with Gasteiger partial charge in [0.2, 0.25) is 0 Å². The number of nitro groups is 1. The minimum absolute atomic E-state index is 0. The second kappa shape index (κ2) is 7.65. The number of benzene rings is 1. The number of halogens is 1. The number of fused-ring (bicyclic) bond motifs is 1. The molecule has 3 rings (SSSR count). The number of hydrazine groups is 1. The van der Waals surface area contributed by atoms with Gasteiger partial charge in [-0.25, -0.2) is 5.01 Å². The molecule has 2 N–H and O–H groups in total. The van der Waals surface area contributed by atoms with Gasteiger partial charge in [-0.3, -0.25) is 20.3 Å². The molecule has 1 fully saturated rings. The fourth-order valence-electron chi connectivity index (χ4n) is 2.61. The van der Waals surface area contributed by atoms with Crippen LogP contribution in [0.15, 0.2) is 12.1 Å². The minimum atomic E-state index is -0.553. The molecule has 0 radical (unpaired) electrons. The predicted octanol–water partition coefficient (Wildman–Crippen LogP) is 0.726. The van der Waals surface area contributed by atoms with E-state index in [0.717, 1.165) is 13.1 Å². The average molecular weight is 359 g/mol. The first kappa shape index (κ1) is 18.2. The number of hydrogen-bond donors (Lipinski definition) is 2. The van der Waals surface area contributed by atoms with E-state index >= 15 is 0 Å². The molecule has 0 aliphatic carbocycles. The number of ether oxygens (including phenoxy) is 2. The number of carbonyl (C=O) groups is 1. The highest BCUT2D eigenvalue weighted by Gasteiger charge is 2.28. The first-order valence-corrected chi connectivity index (χ1v) is 7.42. The average Bonchev–Trinajstić information content (AvgIpc) is 2.55. The Labute approximate surface area is 144 Å². The molecule has 1 saturated heterocycles. The van der Waals surface area contributed by atoms with E-state index in [9.17, 15) is 14.9 Å². The molecule has 132 valence electrons. The van der Waals surface area contributed by atoms with Crippen molar-refractivity contribution >= 4 is 24.0 Å². The van der Waals surface area contributed by atoms with Crippen LogP contribution in [0.4, 0.5) is 5.69 Å². The summed E-state index contributed by atoms with van der Waals surface area (Å²) >= 11 is 0. The second-order valence-electron chi connectivity index (χ2n) is 5.46. The van der Waals surface area contributed by atoms with Gasteiger partial charge in [-0.2, -0.15) is 0 Å². The third kappa shape index (κ3) is 3.69. The summed E-state index contributed by atoms with van der Waals surface area (Å²) in [5.41, 5.74) is 2.71. The molecule has 2 heterocycles. The molecule has 0 saturated carbocycles. The number of hydrogen-bond acceptors (Lipinski definition) is 7. The summed E-state index contributed by atoms with van der Waals surface area (Å²) in [7, 11) is 0. The van der Waals surface area contributed by atoms with Crippen molar-refractivity contribution in [2.75, 3.05) is 32.8 Å². The van der Waals surface area contributed by atoms with Crippen LogP contribution in [0.1, 0.15) is 17.3 Å². The molecule has 2 aliphatic rings. The van der Waals surface area contributed by atoms with Gasteiger partial charge in [0.25, 0.3) is 11.6 Å². The SMILES string of the molecule is CC1CNCCN1NC(=O)c1cc([N+](=O)[O-])cc2c1OCCO2.Cl. The normalized spacial score (nSPS) is 20.0. The number of nitro benzene ring substituents is 1. The number of rotatable bonds is 3. The fourth-order valence-corrected chi connectivity index (χ4v) is 2.61. The van der Waals surface area contributed by atoms with Gasteiger partial charge in [0.05, 0.1) is 16.6 Å². The van der Waals surface area contributed by atoms with Crippen LogP contribution in [0.2, 0.25) is 0 Å². The van der Waals surface area contributed by atoms with Gasteiger partial charge in [-0.05, 0) is 6.92 Å². The van der Waals surface area contributed by atoms with Crippen molar-refractivity contribution in [3.05, 3.63) is 27.8 Å². The topological polar surface area (TPSA) is 106 Å². The highest BCUT2D eigenvalue weighted by atomic mass is 35.5. The van der Waals surface area contributed by atoms with Crippen LogP contribution < -0.4 is 20.2 Å². The Morgan fingerprint density at radius 1 is 1.42 bits per heavy atom. The Balaban J connectivity index is 0.00000208. The molecule has 0 bridgehead atoms. The molecule has 24 heavy (non-hydrogen) atoms. The van der Waals surface area contributed by atoms with Gasteiger partial charge >= 0.3 is 0 Å². The molecule has 0 spiro atoms. The van der Waals surface area contributed by atoms with Crippen molar-refractivity contribution in [3.8, 4) is 11.5 Å². The maximum atomic E-state index is 12.6. The van der Waals surface area contributed by atoms with E-state index in [1.807, 2.05) is 11.9 Å². The predicted molar refractivity (Wildman–Crippen MR) is 87.8 cm³/mol. The van der Waals surface area contributed by atoms with E-state index in [2.05, 4.69) is 10.7 Å². The largest absolute Gasteiger partial charge is 0.486 e. The second-order valence-corrected chi connectivity index (χ2v) is 5.46. The van der Waals surface area contributed by atoms with E-state index in [1.54, 1.807) is 0 Å². The van der Waals surface area contributed by atoms with Gasteiger partial charge in [0.1, 0.15) is 13.2 Å². The van der Waals surface area contributed by atoms with Gasteiger partial charge in [0, 0.05) is 31.7 Å². The molecule has 10 heteroatoms. The summed E-state index contributed by atoms with van der Waals surface area (Å²) < 4.78 is 10.9. The lowest BCUT2D eigenvalue weighted by molar-refractivity contribution is -0.385. The minimum Gasteiger partial charge on any atom is -0.486 e. The Morgan fingerprint density at radius 2 is 2.17 bits per heavy atom. The zero-order valence-electron chi connectivity index (χ0n) is 13.1. The maximum absolute atomic E-state index is 12.6. The molecule has 1 amide bonds. The van der Waals surface area contributed by atoms with Crippen LogP contribution >= 0.6 is 12.4 Å². The Kier molecular flexibility index (Phi) is 5.81. The summed E-state index contributed by atoms with van der Waals surface area (Å²) in [4.78, 5) is 23.1. The lowest BCUT2D eigenvalue weighted by Crippen LogP contribution is -2.57. The quantitative estimate of drug-likeness (QED) is 0.606. The van der Waals surface area contributed by atoms with Gasteiger partial charge in [-0.15, -0.1) is 12.4 Å². The van der Waals surface area contributed by atoms with E-state index in [-0.39, 0.29) is 41.2 Å². The molecular weight excluding hydrogens is 340 g/mol. The molecular formula is C14H19ClN4O5. The summed E-state index contributed by atoms with van der Waals surface area (Å²) in [6, 6.07) is 2.62. The van der Waals surface area contributed by atoms with E-state index < -0.39 is 10.8 Å². The monoisotopic (exact) mass is 358 g/mol. The van der Waals surface area contributed by atoms with Crippen molar-refractivity contribution in [2.24, 2.45) is 0 Å². The number of non-ortho nitro benzene ring substituents is 1. The Hall–Kier alpha value is -2.10. The van der Waals surface area contributed by atoms with Gasteiger partial charge < -0.3 is 14.8 Å². The van der Waals surface area contributed by atoms with Crippen LogP contribution in [0.3, 0.4) is 0 Å². The Morgan fingerprint density at radius 3 is 2.88 bits per heavy atom. The molecule has 9 nitrogen and oxygen atoms in total. The van der Waals surface area contributed by atoms with Crippen molar-refractivity contribution in [1.82, 2.24) is 15.8 Å². The zero-order valence-corrected chi connectivity index (χ0v) is 13.9. The van der Waals surface area contributed by atoms with E-state index in [4.69, 9.17) is 9.47 Å². The Bertz CT molecular complexity index is 642. The van der Waals surface area contributed by atoms with Crippen molar-refractivity contribution in [2.45, 2.75) is 13.0 Å². The molecule has 1 atom stereocenters. The van der Waals surface area contributed by atoms with Crippen LogP contribution in [0, 0.1) is 10.1 Å². The van der Waals surface area contributed by atoms with E-state index in [1.165, 1.54) is 12.1 Å². The highest BCUT2D eigenvalue weighted by Crippen LogP contribution is 2.37. The first-order chi connectivity index (χ1) is 11.1. The van der Waals surface area contributed by atoms with Crippen LogP contribution in [0.25, 0.3) is 0 Å². The van der Waals surface area contributed by atoms with Crippen molar-refractivity contribution in [3.63, 3.8) is 0 Å². The van der Waals surface area contributed by atoms with Crippen LogP contribution in [0.5, 0.6) is 11.5 Å². The number of nitrogens with zero attached hydrogens (tertiary/aromatic N) is 2. The zero-order chi connectivity index (χ0) is 16.4. The smallest absolute Gasteiger partial charge is 0.274 e. The van der Waals surface area contributed by atoms with E-state index in [0.29, 0.717) is 19.8 Å². The summed E-state index contributed by atoms with van der Waals surface area (Å²) in [5.74, 6) is 0.0373. The molecule has 1 aromatic rings. The highest BCUT2D eigenvalue weighted by molar-refractivity contribution is 5.98. The third-order valence-electron chi connectivity index (χ3n) is 3.83. The fraction of sp³-hybridized carbons (Fsp3) is 0.500. The summed E-state index contributed by atoms with van der Waals surface area (Å²) in [5, 5.41) is 16.1. The number of piperazine rings is 1. The van der Waals surface area contributed by atoms with Crippen LogP contribution in [-0.2, 0) is 0 Å². The number of amides is 1. The molecule has 0 aromatic heterocycles. The van der Waals surface area contributed by atoms with Crippen molar-refractivity contribution < 1.29 is 19.2 Å². The molecule has 1 unspecified atom stereocenters. The maximum Gasteiger partial charge on any atom is 0.274 e. The van der Waals surface area contributed by atoms with Crippen molar-refractivity contribution in [1.29, 1.82) is 0 Å². The standard InChI is InChI=1S/C14H18N4O5.ClH/c1-9-8-15-2-3-17(9)16-14(19)11-6-10(18(20)21)7-12-13(11)23-5-4-22-12;/h6-7,9,15H,2-5,8H2,1H3,(H,16,19);1H.